The van der Waals surface area contributed by atoms with Crippen LogP contribution in [0.15, 0.2) is 48.5 Å². The quantitative estimate of drug-likeness (QED) is 0.540. The molecule has 34 heavy (non-hydrogen) atoms. The van der Waals surface area contributed by atoms with Crippen molar-refractivity contribution in [2.75, 3.05) is 13.2 Å². The third-order valence-electron chi connectivity index (χ3n) is 6.97. The highest BCUT2D eigenvalue weighted by molar-refractivity contribution is 5.80. The molecule has 0 radical (unpaired) electrons. The topological polar surface area (TPSA) is 105 Å². The van der Waals surface area contributed by atoms with Gasteiger partial charge in [0.05, 0.1) is 6.42 Å². The molecule has 7 heteroatoms. The summed E-state index contributed by atoms with van der Waals surface area (Å²) in [5.74, 6) is -0.744. The summed E-state index contributed by atoms with van der Waals surface area (Å²) in [7, 11) is 0. The van der Waals surface area contributed by atoms with Gasteiger partial charge in [0.1, 0.15) is 6.61 Å². The maximum absolute atomic E-state index is 12.4. The molecular weight excluding hydrogens is 432 g/mol. The van der Waals surface area contributed by atoms with Gasteiger partial charge in [0, 0.05) is 24.4 Å². The van der Waals surface area contributed by atoms with Gasteiger partial charge in [0.25, 0.3) is 0 Å². The van der Waals surface area contributed by atoms with Crippen molar-refractivity contribution in [3.8, 4) is 11.1 Å². The Hall–Kier alpha value is -3.35. The van der Waals surface area contributed by atoms with Crippen molar-refractivity contribution in [1.82, 2.24) is 10.6 Å². The number of carboxylic acid groups (broad SMARTS) is 1. The summed E-state index contributed by atoms with van der Waals surface area (Å²) in [6, 6.07) is 16.1. The number of rotatable bonds is 8. The van der Waals surface area contributed by atoms with E-state index in [0.29, 0.717) is 19.1 Å². The zero-order chi connectivity index (χ0) is 24.1. The number of nitrogens with one attached hydrogen (secondary N) is 2. The Morgan fingerprint density at radius 2 is 1.56 bits per heavy atom. The van der Waals surface area contributed by atoms with E-state index in [-0.39, 0.29) is 30.2 Å². The molecule has 0 spiro atoms. The lowest BCUT2D eigenvalue weighted by Gasteiger charge is -2.28. The third-order valence-corrected chi connectivity index (χ3v) is 6.97. The summed E-state index contributed by atoms with van der Waals surface area (Å²) in [5.41, 5.74) is 4.77. The number of hydrogen-bond acceptors (Lipinski definition) is 4. The number of ether oxygens (including phenoxy) is 1. The van der Waals surface area contributed by atoms with Gasteiger partial charge in [-0.15, -0.1) is 0 Å². The lowest BCUT2D eigenvalue weighted by atomic mass is 9.81. The van der Waals surface area contributed by atoms with E-state index in [1.807, 2.05) is 24.3 Å². The molecule has 1 saturated carbocycles. The Labute approximate surface area is 199 Å². The molecule has 0 saturated heterocycles. The lowest BCUT2D eigenvalue weighted by molar-refractivity contribution is -0.137. The van der Waals surface area contributed by atoms with E-state index in [1.165, 1.54) is 22.3 Å². The van der Waals surface area contributed by atoms with Crippen LogP contribution in [0.3, 0.4) is 0 Å². The molecule has 0 aromatic heterocycles. The van der Waals surface area contributed by atoms with Gasteiger partial charge in [-0.1, -0.05) is 48.5 Å². The molecule has 1 atom stereocenters. The van der Waals surface area contributed by atoms with Crippen LogP contribution in [0.4, 0.5) is 4.79 Å². The van der Waals surface area contributed by atoms with Gasteiger partial charge in [-0.3, -0.25) is 9.59 Å². The third kappa shape index (κ3) is 5.58. The number of amides is 2. The maximum Gasteiger partial charge on any atom is 0.407 e. The maximum atomic E-state index is 12.4. The second-order valence-corrected chi connectivity index (χ2v) is 9.43. The van der Waals surface area contributed by atoms with Gasteiger partial charge >= 0.3 is 12.1 Å². The average Bonchev–Trinajstić information content (AvgIpc) is 3.15. The molecule has 7 nitrogen and oxygen atoms in total. The van der Waals surface area contributed by atoms with Crippen molar-refractivity contribution in [3.05, 3.63) is 59.7 Å². The van der Waals surface area contributed by atoms with Gasteiger partial charge in [-0.25, -0.2) is 4.79 Å². The van der Waals surface area contributed by atoms with Gasteiger partial charge in [-0.2, -0.15) is 0 Å². The van der Waals surface area contributed by atoms with Gasteiger partial charge in [0.2, 0.25) is 5.91 Å². The van der Waals surface area contributed by atoms with E-state index >= 15 is 0 Å². The van der Waals surface area contributed by atoms with Crippen LogP contribution in [-0.2, 0) is 14.3 Å². The fraction of sp³-hybridized carbons (Fsp3) is 0.444. The number of carbonyl (C=O) groups excluding carboxylic acids is 2. The Balaban J connectivity index is 1.20. The van der Waals surface area contributed by atoms with Gasteiger partial charge in [-0.05, 0) is 60.8 Å². The molecule has 2 aromatic rings. The summed E-state index contributed by atoms with van der Waals surface area (Å²) >= 11 is 0. The van der Waals surface area contributed by atoms with Crippen LogP contribution in [0.5, 0.6) is 0 Å². The van der Waals surface area contributed by atoms with E-state index in [1.54, 1.807) is 6.92 Å². The Kier molecular flexibility index (Phi) is 7.50. The first-order valence-electron chi connectivity index (χ1n) is 12.0. The largest absolute Gasteiger partial charge is 0.481 e. The number of alkyl carbamates (subject to hydrolysis) is 1. The van der Waals surface area contributed by atoms with Crippen molar-refractivity contribution < 1.29 is 24.2 Å². The predicted octanol–water partition coefficient (Wildman–Crippen LogP) is 4.31. The molecule has 3 N–H and O–H groups in total. The fourth-order valence-electron chi connectivity index (χ4n) is 5.18. The van der Waals surface area contributed by atoms with Crippen LogP contribution in [0, 0.1) is 11.8 Å². The minimum absolute atomic E-state index is 0.0376. The minimum Gasteiger partial charge on any atom is -0.481 e. The predicted molar refractivity (Wildman–Crippen MR) is 128 cm³/mol. The molecular formula is C27H32N2O5. The van der Waals surface area contributed by atoms with Crippen LogP contribution in [0.1, 0.15) is 56.1 Å². The Morgan fingerprint density at radius 3 is 2.15 bits per heavy atom. The van der Waals surface area contributed by atoms with Crippen molar-refractivity contribution in [2.24, 2.45) is 11.8 Å². The van der Waals surface area contributed by atoms with E-state index in [0.717, 1.165) is 25.7 Å². The fourth-order valence-corrected chi connectivity index (χ4v) is 5.18. The monoisotopic (exact) mass is 464 g/mol. The summed E-state index contributed by atoms with van der Waals surface area (Å²) in [6.07, 6.45) is 2.67. The number of carboxylic acids is 1. The number of benzene rings is 2. The summed E-state index contributed by atoms with van der Waals surface area (Å²) < 4.78 is 5.60. The SMILES string of the molecule is C[C@@H](CC(=O)O)NC(=O)C1CCC(CNC(=O)OCC2c3ccccc3-c3ccccc32)CC1. The molecule has 0 unspecified atom stereocenters. The number of hydrogen-bond donors (Lipinski definition) is 3. The van der Waals surface area contributed by atoms with Crippen LogP contribution in [0.2, 0.25) is 0 Å². The smallest absolute Gasteiger partial charge is 0.407 e. The highest BCUT2D eigenvalue weighted by Gasteiger charge is 2.30. The first kappa shape index (κ1) is 23.8. The number of carbonyl (C=O) groups is 3. The highest BCUT2D eigenvalue weighted by atomic mass is 16.5. The molecule has 2 aliphatic rings. The highest BCUT2D eigenvalue weighted by Crippen LogP contribution is 2.44. The van der Waals surface area contributed by atoms with Gasteiger partial charge in [0.15, 0.2) is 0 Å². The molecule has 2 amide bonds. The molecule has 180 valence electrons. The summed E-state index contributed by atoms with van der Waals surface area (Å²) in [4.78, 5) is 35.5. The van der Waals surface area contributed by atoms with Crippen molar-refractivity contribution in [2.45, 2.75) is 51.0 Å². The summed E-state index contributed by atoms with van der Waals surface area (Å²) in [6.45, 7) is 2.53. The standard InChI is InChI=1S/C27H32N2O5/c1-17(14-25(30)31)29-26(32)19-12-10-18(11-13-19)15-28-27(33)34-16-24-22-8-4-2-6-20(22)21-7-3-5-9-23(21)24/h2-9,17-19,24H,10-16H2,1H3,(H,28,33)(H,29,32)(H,30,31)/t17-,18?,19?/m0/s1. The van der Waals surface area contributed by atoms with E-state index in [9.17, 15) is 14.4 Å². The molecule has 1 fully saturated rings. The molecule has 4 rings (SSSR count). The van der Waals surface area contributed by atoms with E-state index in [2.05, 4.69) is 34.9 Å². The zero-order valence-corrected chi connectivity index (χ0v) is 19.5. The number of aliphatic carboxylic acids is 1. The van der Waals surface area contributed by atoms with Crippen LogP contribution < -0.4 is 10.6 Å². The van der Waals surface area contributed by atoms with Gasteiger partial charge < -0.3 is 20.5 Å². The first-order valence-corrected chi connectivity index (χ1v) is 12.0. The van der Waals surface area contributed by atoms with Crippen molar-refractivity contribution >= 4 is 18.0 Å². The van der Waals surface area contributed by atoms with Crippen LogP contribution in [-0.4, -0.2) is 42.3 Å². The van der Waals surface area contributed by atoms with Crippen molar-refractivity contribution in [3.63, 3.8) is 0 Å². The van der Waals surface area contributed by atoms with Crippen LogP contribution in [0.25, 0.3) is 11.1 Å². The first-order chi connectivity index (χ1) is 16.4. The average molecular weight is 465 g/mol. The Bertz CT molecular complexity index is 999. The molecule has 0 bridgehead atoms. The lowest BCUT2D eigenvalue weighted by Crippen LogP contribution is -2.40. The number of fused-ring (bicyclic) bond motifs is 3. The van der Waals surface area contributed by atoms with E-state index < -0.39 is 12.1 Å². The minimum atomic E-state index is -0.921. The normalized spacial score (nSPS) is 20.0. The van der Waals surface area contributed by atoms with Crippen LogP contribution >= 0.6 is 0 Å². The van der Waals surface area contributed by atoms with E-state index in [4.69, 9.17) is 9.84 Å². The Morgan fingerprint density at radius 1 is 0.971 bits per heavy atom. The summed E-state index contributed by atoms with van der Waals surface area (Å²) in [5, 5.41) is 14.5. The molecule has 2 aliphatic carbocycles. The molecule has 0 heterocycles. The second-order valence-electron chi connectivity index (χ2n) is 9.43. The van der Waals surface area contributed by atoms with Crippen molar-refractivity contribution in [1.29, 1.82) is 0 Å². The molecule has 2 aromatic carbocycles. The molecule has 0 aliphatic heterocycles. The second kappa shape index (κ2) is 10.7. The zero-order valence-electron chi connectivity index (χ0n) is 19.5.